The average Bonchev–Trinajstić information content (AvgIpc) is 2.73. The van der Waals surface area contributed by atoms with E-state index in [0.717, 1.165) is 38.5 Å². The first-order valence-corrected chi connectivity index (χ1v) is 9.59. The number of carboxylic acids is 1. The largest absolute Gasteiger partial charge is 0.481 e. The molecule has 24 heavy (non-hydrogen) atoms. The summed E-state index contributed by atoms with van der Waals surface area (Å²) in [6.07, 6.45) is 6.83. The Morgan fingerprint density at radius 3 is 2.42 bits per heavy atom. The predicted octanol–water partition coefficient (Wildman–Crippen LogP) is 4.27. The fourth-order valence-electron chi connectivity index (χ4n) is 6.63. The van der Waals surface area contributed by atoms with Gasteiger partial charge in [0.05, 0.1) is 0 Å². The van der Waals surface area contributed by atoms with Gasteiger partial charge in [-0.05, 0) is 75.0 Å². The van der Waals surface area contributed by atoms with Crippen LogP contribution >= 0.6 is 0 Å². The first-order chi connectivity index (χ1) is 11.2. The molecule has 4 nitrogen and oxygen atoms in total. The Labute approximate surface area is 145 Å². The van der Waals surface area contributed by atoms with Gasteiger partial charge in [0.15, 0.2) is 0 Å². The summed E-state index contributed by atoms with van der Waals surface area (Å²) in [4.78, 5) is 22.8. The molecule has 0 radical (unpaired) electrons. The lowest BCUT2D eigenvalue weighted by Gasteiger charge is -2.55. The van der Waals surface area contributed by atoms with Crippen LogP contribution in [0.25, 0.3) is 0 Å². The molecule has 0 aliphatic heterocycles. The highest BCUT2D eigenvalue weighted by Gasteiger charge is 2.62. The second kappa shape index (κ2) is 6.03. The van der Waals surface area contributed by atoms with E-state index in [1.807, 2.05) is 0 Å². The number of esters is 1. The molecule has 0 heterocycles. The van der Waals surface area contributed by atoms with Crippen LogP contribution in [0.15, 0.2) is 0 Å². The molecule has 1 N–H and O–H groups in total. The maximum atomic E-state index is 11.6. The van der Waals surface area contributed by atoms with Crippen LogP contribution < -0.4 is 0 Å². The first-order valence-electron chi connectivity index (χ1n) is 9.59. The minimum Gasteiger partial charge on any atom is -0.481 e. The first kappa shape index (κ1) is 17.8. The number of carbonyl (C=O) groups excluding carboxylic acids is 1. The molecule has 3 aliphatic carbocycles. The van der Waals surface area contributed by atoms with Crippen LogP contribution in [0.5, 0.6) is 0 Å². The lowest BCUT2D eigenvalue weighted by molar-refractivity contribution is -0.177. The number of hydrogen-bond donors (Lipinski definition) is 1. The molecular formula is C20H32O4. The fourth-order valence-corrected chi connectivity index (χ4v) is 6.63. The van der Waals surface area contributed by atoms with Crippen molar-refractivity contribution in [3.8, 4) is 0 Å². The van der Waals surface area contributed by atoms with Crippen LogP contribution in [0.3, 0.4) is 0 Å². The summed E-state index contributed by atoms with van der Waals surface area (Å²) in [5.41, 5.74) is -0.269. The van der Waals surface area contributed by atoms with Gasteiger partial charge in [0.1, 0.15) is 5.60 Å². The normalized spacial score (nSPS) is 47.6. The summed E-state index contributed by atoms with van der Waals surface area (Å²) in [5, 5.41) is 9.17. The Hall–Kier alpha value is -1.06. The molecule has 3 rings (SSSR count). The number of aliphatic carboxylic acids is 1. The minimum atomic E-state index is -0.658. The molecule has 0 amide bonds. The Bertz CT molecular complexity index is 530. The molecule has 0 bridgehead atoms. The van der Waals surface area contributed by atoms with Gasteiger partial charge >= 0.3 is 11.9 Å². The third kappa shape index (κ3) is 2.66. The van der Waals surface area contributed by atoms with Crippen molar-refractivity contribution in [2.75, 3.05) is 0 Å². The zero-order chi connectivity index (χ0) is 17.7. The van der Waals surface area contributed by atoms with E-state index in [0.29, 0.717) is 36.0 Å². The molecule has 3 fully saturated rings. The van der Waals surface area contributed by atoms with Crippen molar-refractivity contribution >= 4 is 11.9 Å². The van der Waals surface area contributed by atoms with Crippen molar-refractivity contribution in [1.82, 2.24) is 0 Å². The van der Waals surface area contributed by atoms with E-state index in [4.69, 9.17) is 4.74 Å². The summed E-state index contributed by atoms with van der Waals surface area (Å²) in [5.74, 6) is 1.91. The average molecular weight is 336 g/mol. The van der Waals surface area contributed by atoms with Crippen molar-refractivity contribution in [1.29, 1.82) is 0 Å². The highest BCUT2D eigenvalue weighted by molar-refractivity contribution is 5.67. The van der Waals surface area contributed by atoms with Crippen molar-refractivity contribution in [2.24, 2.45) is 35.0 Å². The molecule has 0 aromatic heterocycles. The quantitative estimate of drug-likeness (QED) is 0.782. The number of ether oxygens (including phenoxy) is 1. The zero-order valence-corrected chi connectivity index (χ0v) is 15.5. The van der Waals surface area contributed by atoms with E-state index in [9.17, 15) is 14.7 Å². The van der Waals surface area contributed by atoms with E-state index in [1.54, 1.807) is 0 Å². The third-order valence-electron chi connectivity index (χ3n) is 8.12. The second-order valence-electron chi connectivity index (χ2n) is 9.05. The smallest absolute Gasteiger partial charge is 0.303 e. The maximum Gasteiger partial charge on any atom is 0.303 e. The number of fused-ring (bicyclic) bond motifs is 3. The predicted molar refractivity (Wildman–Crippen MR) is 91.4 cm³/mol. The van der Waals surface area contributed by atoms with Crippen LogP contribution in [0.1, 0.15) is 72.6 Å². The van der Waals surface area contributed by atoms with Gasteiger partial charge in [-0.3, -0.25) is 9.59 Å². The summed E-state index contributed by atoms with van der Waals surface area (Å²) >= 11 is 0. The minimum absolute atomic E-state index is 0.0686. The van der Waals surface area contributed by atoms with Gasteiger partial charge in [-0.25, -0.2) is 0 Å². The number of rotatable bonds is 3. The Kier molecular flexibility index (Phi) is 4.46. The van der Waals surface area contributed by atoms with E-state index in [2.05, 4.69) is 20.8 Å². The Morgan fingerprint density at radius 1 is 1.08 bits per heavy atom. The van der Waals surface area contributed by atoms with Crippen molar-refractivity contribution in [3.63, 3.8) is 0 Å². The molecule has 4 heteroatoms. The SMILES string of the molecule is CC(=O)O[C@@]1(C)CC[C@H]2[C@@H]3CC[C@@H](CC(=O)O)[C@@H](C)[C@H]3CC[C@@]21C. The van der Waals surface area contributed by atoms with Crippen LogP contribution in [-0.4, -0.2) is 22.6 Å². The van der Waals surface area contributed by atoms with Gasteiger partial charge in [-0.15, -0.1) is 0 Å². The van der Waals surface area contributed by atoms with Gasteiger partial charge in [0.2, 0.25) is 0 Å². The molecule has 3 saturated carbocycles. The van der Waals surface area contributed by atoms with Crippen molar-refractivity contribution in [2.45, 2.75) is 78.2 Å². The number of carboxylic acid groups (broad SMARTS) is 1. The van der Waals surface area contributed by atoms with Gasteiger partial charge in [-0.1, -0.05) is 13.8 Å². The highest BCUT2D eigenvalue weighted by atomic mass is 16.6. The number of carbonyl (C=O) groups is 2. The monoisotopic (exact) mass is 336 g/mol. The van der Waals surface area contributed by atoms with E-state index in [-0.39, 0.29) is 17.0 Å². The molecule has 0 unspecified atom stereocenters. The lowest BCUT2D eigenvalue weighted by atomic mass is 9.51. The molecule has 136 valence electrons. The summed E-state index contributed by atoms with van der Waals surface area (Å²) < 4.78 is 5.83. The van der Waals surface area contributed by atoms with Gasteiger partial charge in [0.25, 0.3) is 0 Å². The van der Waals surface area contributed by atoms with Crippen molar-refractivity contribution in [3.05, 3.63) is 0 Å². The Balaban J connectivity index is 1.79. The molecule has 0 spiro atoms. The van der Waals surface area contributed by atoms with Gasteiger partial charge in [0, 0.05) is 18.8 Å². The second-order valence-corrected chi connectivity index (χ2v) is 9.05. The summed E-state index contributed by atoms with van der Waals surface area (Å²) in [7, 11) is 0. The maximum absolute atomic E-state index is 11.6. The van der Waals surface area contributed by atoms with Crippen LogP contribution in [0, 0.1) is 35.0 Å². The zero-order valence-electron chi connectivity index (χ0n) is 15.5. The topological polar surface area (TPSA) is 63.6 Å². The molecule has 0 aromatic carbocycles. The van der Waals surface area contributed by atoms with Gasteiger partial charge in [-0.2, -0.15) is 0 Å². The van der Waals surface area contributed by atoms with E-state index >= 15 is 0 Å². The van der Waals surface area contributed by atoms with Crippen molar-refractivity contribution < 1.29 is 19.4 Å². The van der Waals surface area contributed by atoms with Gasteiger partial charge < -0.3 is 9.84 Å². The van der Waals surface area contributed by atoms with E-state index in [1.165, 1.54) is 6.92 Å². The molecule has 3 aliphatic rings. The van der Waals surface area contributed by atoms with E-state index < -0.39 is 5.97 Å². The Morgan fingerprint density at radius 2 is 1.79 bits per heavy atom. The molecule has 0 aromatic rings. The molecule has 0 saturated heterocycles. The molecular weight excluding hydrogens is 304 g/mol. The highest BCUT2D eigenvalue weighted by Crippen LogP contribution is 2.65. The van der Waals surface area contributed by atoms with Crippen LogP contribution in [-0.2, 0) is 14.3 Å². The standard InChI is InChI=1S/C20H32O4/c1-12-14(11-18(22)23)5-6-16-15(12)7-9-19(3)17(16)8-10-20(19,4)24-13(2)21/h12,14-17H,5-11H2,1-4H3,(H,22,23)/t12-,14+,15-,16-,17+,19+,20+/m1/s1. The fraction of sp³-hybridized carbons (Fsp3) is 0.900. The lowest BCUT2D eigenvalue weighted by Crippen LogP contribution is -2.53. The van der Waals surface area contributed by atoms with Crippen LogP contribution in [0.2, 0.25) is 0 Å². The third-order valence-corrected chi connectivity index (χ3v) is 8.12. The van der Waals surface area contributed by atoms with Crippen LogP contribution in [0.4, 0.5) is 0 Å². The summed E-state index contributed by atoms with van der Waals surface area (Å²) in [6.45, 7) is 8.26. The summed E-state index contributed by atoms with van der Waals surface area (Å²) in [6, 6.07) is 0. The molecule has 7 atom stereocenters. The number of hydrogen-bond acceptors (Lipinski definition) is 3.